The Morgan fingerprint density at radius 3 is 1.81 bits per heavy atom. The van der Waals surface area contributed by atoms with Gasteiger partial charge in [0, 0.05) is 5.25 Å². The minimum absolute atomic E-state index is 0.121. The van der Waals surface area contributed by atoms with Gasteiger partial charge in [-0.15, -0.1) is 11.8 Å². The van der Waals surface area contributed by atoms with Gasteiger partial charge >= 0.3 is 0 Å². The molecule has 0 bridgehead atoms. The standard InChI is InChI=1S/C38H31NS3/c1-38(2,24-39)23-34(42-37(40)41-3)26-19-21-27(22-20-26)35-30-14-6-8-16-32(30)36(33-17-9-7-15-31(33)35)29-18-10-12-25-11-4-5-13-28(25)29/h4-22,34H,23H2,1-3H3. The monoisotopic (exact) mass is 597 g/mol. The second kappa shape index (κ2) is 11.9. The zero-order valence-electron chi connectivity index (χ0n) is 23.9. The first-order valence-electron chi connectivity index (χ1n) is 14.1. The summed E-state index contributed by atoms with van der Waals surface area (Å²) < 4.78 is 0.902. The molecular formula is C38H31NS3. The first-order chi connectivity index (χ1) is 20.4. The van der Waals surface area contributed by atoms with Gasteiger partial charge in [0.1, 0.15) is 3.53 Å². The van der Waals surface area contributed by atoms with E-state index in [0.717, 1.165) is 9.95 Å². The van der Waals surface area contributed by atoms with Crippen molar-refractivity contribution in [3.63, 3.8) is 0 Å². The van der Waals surface area contributed by atoms with Crippen molar-refractivity contribution in [2.24, 2.45) is 5.41 Å². The van der Waals surface area contributed by atoms with Crippen LogP contribution >= 0.6 is 35.7 Å². The van der Waals surface area contributed by atoms with Gasteiger partial charge < -0.3 is 0 Å². The van der Waals surface area contributed by atoms with Gasteiger partial charge in [-0.3, -0.25) is 0 Å². The number of hydrogen-bond acceptors (Lipinski definition) is 4. The van der Waals surface area contributed by atoms with Gasteiger partial charge in [0.2, 0.25) is 0 Å². The van der Waals surface area contributed by atoms with Crippen LogP contribution in [0.5, 0.6) is 0 Å². The predicted molar refractivity (Wildman–Crippen MR) is 190 cm³/mol. The number of nitrogens with zero attached hydrogens (tertiary/aromatic N) is 1. The fourth-order valence-electron chi connectivity index (χ4n) is 5.94. The summed E-state index contributed by atoms with van der Waals surface area (Å²) in [5.41, 5.74) is 5.73. The van der Waals surface area contributed by atoms with Gasteiger partial charge in [-0.1, -0.05) is 139 Å². The normalized spacial score (nSPS) is 12.4. The fourth-order valence-corrected chi connectivity index (χ4v) is 8.05. The highest BCUT2D eigenvalue weighted by atomic mass is 32.2. The Balaban J connectivity index is 1.55. The molecule has 0 saturated carbocycles. The number of nitriles is 1. The summed E-state index contributed by atoms with van der Waals surface area (Å²) in [6.07, 6.45) is 2.75. The molecule has 0 N–H and O–H groups in total. The van der Waals surface area contributed by atoms with Crippen molar-refractivity contribution in [1.29, 1.82) is 5.26 Å². The number of rotatable bonds is 6. The molecule has 0 aliphatic rings. The third kappa shape index (κ3) is 5.45. The third-order valence-electron chi connectivity index (χ3n) is 7.97. The van der Waals surface area contributed by atoms with Gasteiger partial charge in [0.25, 0.3) is 0 Å². The van der Waals surface area contributed by atoms with Gasteiger partial charge in [-0.25, -0.2) is 0 Å². The molecule has 0 amide bonds. The lowest BCUT2D eigenvalue weighted by Crippen LogP contribution is -2.13. The Morgan fingerprint density at radius 2 is 1.24 bits per heavy atom. The van der Waals surface area contributed by atoms with Crippen molar-refractivity contribution < 1.29 is 0 Å². The summed E-state index contributed by atoms with van der Waals surface area (Å²) in [6, 6.07) is 44.3. The van der Waals surface area contributed by atoms with Crippen LogP contribution in [0.1, 0.15) is 31.1 Å². The summed E-state index contributed by atoms with van der Waals surface area (Å²) >= 11 is 8.88. The summed E-state index contributed by atoms with van der Waals surface area (Å²) in [5.74, 6) is 0. The van der Waals surface area contributed by atoms with E-state index in [1.165, 1.54) is 60.1 Å². The topological polar surface area (TPSA) is 23.8 Å². The van der Waals surface area contributed by atoms with Crippen LogP contribution in [-0.4, -0.2) is 9.78 Å². The van der Waals surface area contributed by atoms with Crippen molar-refractivity contribution in [1.82, 2.24) is 0 Å². The molecular weight excluding hydrogens is 567 g/mol. The average Bonchev–Trinajstić information content (AvgIpc) is 3.03. The average molecular weight is 598 g/mol. The second-order valence-electron chi connectivity index (χ2n) is 11.3. The van der Waals surface area contributed by atoms with Crippen molar-refractivity contribution in [3.8, 4) is 28.3 Å². The molecule has 4 heteroatoms. The molecule has 0 fully saturated rings. The predicted octanol–water partition coefficient (Wildman–Crippen LogP) is 11.8. The maximum Gasteiger partial charge on any atom is 0.104 e. The molecule has 0 aliphatic carbocycles. The van der Waals surface area contributed by atoms with Crippen LogP contribution in [0.4, 0.5) is 0 Å². The Morgan fingerprint density at radius 1 is 0.714 bits per heavy atom. The van der Waals surface area contributed by atoms with Crippen molar-refractivity contribution in [2.75, 3.05) is 6.26 Å². The molecule has 0 saturated heterocycles. The van der Waals surface area contributed by atoms with E-state index in [9.17, 15) is 5.26 Å². The lowest BCUT2D eigenvalue weighted by atomic mass is 9.84. The minimum Gasteiger partial charge on any atom is -0.198 e. The first kappa shape index (κ1) is 28.5. The highest BCUT2D eigenvalue weighted by Crippen LogP contribution is 2.46. The van der Waals surface area contributed by atoms with Gasteiger partial charge in [0.05, 0.1) is 11.5 Å². The van der Waals surface area contributed by atoms with Gasteiger partial charge in [0.15, 0.2) is 0 Å². The number of benzene rings is 6. The number of thioether (sulfide) groups is 2. The van der Waals surface area contributed by atoms with Crippen molar-refractivity contribution in [3.05, 3.63) is 121 Å². The molecule has 1 unspecified atom stereocenters. The summed E-state index contributed by atoms with van der Waals surface area (Å²) in [4.78, 5) is 0. The van der Waals surface area contributed by atoms with E-state index in [1.54, 1.807) is 23.5 Å². The molecule has 1 atom stereocenters. The minimum atomic E-state index is -0.436. The van der Waals surface area contributed by atoms with Crippen LogP contribution in [-0.2, 0) is 0 Å². The zero-order valence-corrected chi connectivity index (χ0v) is 26.4. The maximum absolute atomic E-state index is 9.74. The lowest BCUT2D eigenvalue weighted by molar-refractivity contribution is 0.448. The smallest absolute Gasteiger partial charge is 0.104 e. The molecule has 42 heavy (non-hydrogen) atoms. The molecule has 0 heterocycles. The van der Waals surface area contributed by atoms with Crippen LogP contribution in [0.2, 0.25) is 0 Å². The molecule has 6 aromatic rings. The van der Waals surface area contributed by atoms with Crippen LogP contribution < -0.4 is 0 Å². The highest BCUT2D eigenvalue weighted by Gasteiger charge is 2.26. The quantitative estimate of drug-likeness (QED) is 0.141. The zero-order chi connectivity index (χ0) is 29.3. The Kier molecular flexibility index (Phi) is 8.10. The molecule has 206 valence electrons. The van der Waals surface area contributed by atoms with E-state index in [1.807, 2.05) is 20.1 Å². The van der Waals surface area contributed by atoms with E-state index in [2.05, 4.69) is 121 Å². The second-order valence-corrected chi connectivity index (χ2v) is 14.5. The van der Waals surface area contributed by atoms with Crippen LogP contribution in [0.15, 0.2) is 115 Å². The molecule has 6 aromatic carbocycles. The molecule has 0 aliphatic heterocycles. The van der Waals surface area contributed by atoms with Crippen LogP contribution in [0, 0.1) is 16.7 Å². The molecule has 1 nitrogen and oxygen atoms in total. The van der Waals surface area contributed by atoms with Crippen LogP contribution in [0.25, 0.3) is 54.6 Å². The number of thiocarbonyl (C=S) groups is 1. The van der Waals surface area contributed by atoms with Gasteiger partial charge in [-0.05, 0) is 86.7 Å². The maximum atomic E-state index is 9.74. The number of hydrogen-bond donors (Lipinski definition) is 0. The van der Waals surface area contributed by atoms with Crippen LogP contribution in [0.3, 0.4) is 0 Å². The van der Waals surface area contributed by atoms with Crippen molar-refractivity contribution >= 4 is 71.6 Å². The van der Waals surface area contributed by atoms with E-state index in [0.29, 0.717) is 0 Å². The highest BCUT2D eigenvalue weighted by molar-refractivity contribution is 8.47. The molecule has 0 radical (unpaired) electrons. The molecule has 0 aromatic heterocycles. The number of fused-ring (bicyclic) bond motifs is 3. The Hall–Kier alpha value is -3.62. The Bertz CT molecular complexity index is 1920. The summed E-state index contributed by atoms with van der Waals surface area (Å²) in [7, 11) is 0. The largest absolute Gasteiger partial charge is 0.198 e. The van der Waals surface area contributed by atoms with Crippen molar-refractivity contribution in [2.45, 2.75) is 25.5 Å². The SMILES string of the molecule is CSC(=S)SC(CC(C)(C)C#N)c1ccc(-c2c3ccccc3c(-c3cccc4ccccc34)c3ccccc23)cc1. The van der Waals surface area contributed by atoms with Gasteiger partial charge in [-0.2, -0.15) is 5.26 Å². The summed E-state index contributed by atoms with van der Waals surface area (Å²) in [6.45, 7) is 4.01. The van der Waals surface area contributed by atoms with E-state index in [-0.39, 0.29) is 5.25 Å². The van der Waals surface area contributed by atoms with E-state index in [4.69, 9.17) is 12.2 Å². The fraction of sp³-hybridized carbons (Fsp3) is 0.158. The first-order valence-corrected chi connectivity index (χ1v) is 16.6. The summed E-state index contributed by atoms with van der Waals surface area (Å²) in [5, 5.41) is 17.4. The van der Waals surface area contributed by atoms with E-state index >= 15 is 0 Å². The third-order valence-corrected chi connectivity index (χ3v) is 10.8. The lowest BCUT2D eigenvalue weighted by Gasteiger charge is -2.24. The molecule has 0 spiro atoms. The molecule has 6 rings (SSSR count). The van der Waals surface area contributed by atoms with E-state index < -0.39 is 5.41 Å². The Labute approximate surface area is 262 Å².